The van der Waals surface area contributed by atoms with E-state index in [-0.39, 0.29) is 12.2 Å². The number of hydrogen-bond acceptors (Lipinski definition) is 6. The highest BCUT2D eigenvalue weighted by atomic mass is 32.1. The molecule has 5 nitrogen and oxygen atoms in total. The molecule has 6 heteroatoms. The van der Waals surface area contributed by atoms with Crippen LogP contribution < -0.4 is 0 Å². The van der Waals surface area contributed by atoms with Crippen LogP contribution in [0.25, 0.3) is 0 Å². The molecule has 0 amide bonds. The maximum absolute atomic E-state index is 6.18. The van der Waals surface area contributed by atoms with Crippen molar-refractivity contribution in [2.45, 2.75) is 44.2 Å². The fourth-order valence-electron chi connectivity index (χ4n) is 3.52. The molecular weight excluding hydrogens is 310 g/mol. The number of pyridine rings is 1. The van der Waals surface area contributed by atoms with E-state index in [0.717, 1.165) is 31.7 Å². The molecule has 2 saturated heterocycles. The van der Waals surface area contributed by atoms with E-state index in [9.17, 15) is 0 Å². The highest BCUT2D eigenvalue weighted by Crippen LogP contribution is 2.32. The maximum Gasteiger partial charge on any atom is 0.107 e. The first-order chi connectivity index (χ1) is 11.4. The molecule has 0 aromatic carbocycles. The molecule has 3 atom stereocenters. The van der Waals surface area contributed by atoms with Crippen LogP contribution in [0.2, 0.25) is 0 Å². The molecule has 0 N–H and O–H groups in total. The molecule has 0 unspecified atom stereocenters. The van der Waals surface area contributed by atoms with Crippen molar-refractivity contribution in [2.24, 2.45) is 0 Å². The van der Waals surface area contributed by atoms with Crippen LogP contribution in [0.4, 0.5) is 0 Å². The Balaban J connectivity index is 1.42. The molecule has 2 fully saturated rings. The van der Waals surface area contributed by atoms with Crippen LogP contribution in [0.3, 0.4) is 0 Å². The number of nitrogens with zero attached hydrogens (tertiary/aromatic N) is 3. The average Bonchev–Trinajstić information content (AvgIpc) is 3.23. The van der Waals surface area contributed by atoms with Gasteiger partial charge in [-0.2, -0.15) is 0 Å². The molecule has 0 radical (unpaired) electrons. The summed E-state index contributed by atoms with van der Waals surface area (Å²) in [5.41, 5.74) is 1.11. The minimum atomic E-state index is 0.125. The molecule has 2 aliphatic heterocycles. The van der Waals surface area contributed by atoms with Gasteiger partial charge in [0, 0.05) is 43.2 Å². The standard InChI is InChI=1S/C17H21N3O2S/c1-3-13(9-18-5-1)12-22-15-10-20(11-16-19-6-8-23-16)14-4-2-7-21-17(14)15/h1,3,5-6,8-9,14-15,17H,2,4,7,10-12H2/t14-,15+,17-/m0/s1. The van der Waals surface area contributed by atoms with Gasteiger partial charge in [0.1, 0.15) is 11.1 Å². The molecule has 23 heavy (non-hydrogen) atoms. The Bertz CT molecular complexity index is 608. The van der Waals surface area contributed by atoms with E-state index in [1.807, 2.05) is 23.8 Å². The van der Waals surface area contributed by atoms with Gasteiger partial charge in [0.25, 0.3) is 0 Å². The lowest BCUT2D eigenvalue weighted by molar-refractivity contribution is -0.0819. The smallest absolute Gasteiger partial charge is 0.107 e. The lowest BCUT2D eigenvalue weighted by Crippen LogP contribution is -2.41. The maximum atomic E-state index is 6.18. The predicted octanol–water partition coefficient (Wildman–Crippen LogP) is 2.49. The third-order valence-corrected chi connectivity index (χ3v) is 5.36. The van der Waals surface area contributed by atoms with E-state index in [4.69, 9.17) is 9.47 Å². The molecule has 0 spiro atoms. The molecule has 4 rings (SSSR count). The second kappa shape index (κ2) is 7.05. The summed E-state index contributed by atoms with van der Waals surface area (Å²) in [6.07, 6.45) is 8.15. The number of aromatic nitrogens is 2. The van der Waals surface area contributed by atoms with Gasteiger partial charge in [0.15, 0.2) is 0 Å². The summed E-state index contributed by atoms with van der Waals surface area (Å²) in [5.74, 6) is 0. The third kappa shape index (κ3) is 3.45. The Morgan fingerprint density at radius 3 is 3.22 bits per heavy atom. The summed E-state index contributed by atoms with van der Waals surface area (Å²) < 4.78 is 12.2. The summed E-state index contributed by atoms with van der Waals surface area (Å²) >= 11 is 1.72. The number of ether oxygens (including phenoxy) is 2. The monoisotopic (exact) mass is 331 g/mol. The Labute approximate surface area is 140 Å². The average molecular weight is 331 g/mol. The van der Waals surface area contributed by atoms with Gasteiger partial charge in [0.2, 0.25) is 0 Å². The highest BCUT2D eigenvalue weighted by molar-refractivity contribution is 7.09. The van der Waals surface area contributed by atoms with Crippen molar-refractivity contribution in [1.82, 2.24) is 14.9 Å². The van der Waals surface area contributed by atoms with E-state index in [0.29, 0.717) is 12.6 Å². The van der Waals surface area contributed by atoms with Crippen molar-refractivity contribution in [2.75, 3.05) is 13.2 Å². The lowest BCUT2D eigenvalue weighted by Gasteiger charge is -2.32. The van der Waals surface area contributed by atoms with Crippen molar-refractivity contribution in [3.63, 3.8) is 0 Å². The van der Waals surface area contributed by atoms with Gasteiger partial charge in [-0.25, -0.2) is 4.98 Å². The topological polar surface area (TPSA) is 47.5 Å². The number of hydrogen-bond donors (Lipinski definition) is 0. The minimum Gasteiger partial charge on any atom is -0.374 e. The van der Waals surface area contributed by atoms with Crippen LogP contribution >= 0.6 is 11.3 Å². The highest BCUT2D eigenvalue weighted by Gasteiger charge is 2.44. The first-order valence-corrected chi connectivity index (χ1v) is 9.02. The van der Waals surface area contributed by atoms with Crippen molar-refractivity contribution in [3.05, 3.63) is 46.7 Å². The van der Waals surface area contributed by atoms with Crippen molar-refractivity contribution >= 4 is 11.3 Å². The molecular formula is C17H21N3O2S. The first kappa shape index (κ1) is 15.2. The first-order valence-electron chi connectivity index (χ1n) is 8.15. The zero-order valence-electron chi connectivity index (χ0n) is 13.0. The summed E-state index contributed by atoms with van der Waals surface area (Å²) in [6, 6.07) is 4.45. The SMILES string of the molecule is c1cncc(CO[C@@H]2CN(Cc3nccs3)[C@H]3CCCO[C@H]23)c1. The molecule has 122 valence electrons. The Kier molecular flexibility index (Phi) is 4.66. The van der Waals surface area contributed by atoms with E-state index in [1.165, 1.54) is 11.4 Å². The van der Waals surface area contributed by atoms with E-state index in [1.54, 1.807) is 17.5 Å². The molecule has 2 aliphatic rings. The van der Waals surface area contributed by atoms with Gasteiger partial charge in [-0.05, 0) is 24.5 Å². The van der Waals surface area contributed by atoms with E-state index < -0.39 is 0 Å². The summed E-state index contributed by atoms with van der Waals surface area (Å²) in [5, 5.41) is 3.21. The number of fused-ring (bicyclic) bond motifs is 1. The molecule has 0 aliphatic carbocycles. The van der Waals surface area contributed by atoms with Crippen LogP contribution in [-0.4, -0.2) is 46.3 Å². The van der Waals surface area contributed by atoms with Crippen LogP contribution in [0.1, 0.15) is 23.4 Å². The normalized spacial score (nSPS) is 27.9. The van der Waals surface area contributed by atoms with Crippen LogP contribution in [0, 0.1) is 0 Å². The predicted molar refractivity (Wildman–Crippen MR) is 88.1 cm³/mol. The van der Waals surface area contributed by atoms with Crippen LogP contribution in [0.5, 0.6) is 0 Å². The van der Waals surface area contributed by atoms with Gasteiger partial charge in [-0.3, -0.25) is 9.88 Å². The van der Waals surface area contributed by atoms with E-state index in [2.05, 4.69) is 20.9 Å². The van der Waals surface area contributed by atoms with Gasteiger partial charge in [-0.15, -0.1) is 11.3 Å². The Morgan fingerprint density at radius 1 is 1.39 bits per heavy atom. The second-order valence-electron chi connectivity index (χ2n) is 6.11. The largest absolute Gasteiger partial charge is 0.374 e. The number of rotatable bonds is 5. The zero-order valence-corrected chi connectivity index (χ0v) is 13.8. The van der Waals surface area contributed by atoms with Gasteiger partial charge in [-0.1, -0.05) is 6.07 Å². The Hall–Kier alpha value is -1.34. The summed E-state index contributed by atoms with van der Waals surface area (Å²) in [7, 11) is 0. The van der Waals surface area contributed by atoms with Gasteiger partial charge < -0.3 is 9.47 Å². The quantitative estimate of drug-likeness (QED) is 0.842. The summed E-state index contributed by atoms with van der Waals surface area (Å²) in [6.45, 7) is 3.25. The fourth-order valence-corrected chi connectivity index (χ4v) is 4.16. The molecule has 2 aromatic rings. The third-order valence-electron chi connectivity index (χ3n) is 4.59. The van der Waals surface area contributed by atoms with Gasteiger partial charge >= 0.3 is 0 Å². The van der Waals surface area contributed by atoms with E-state index >= 15 is 0 Å². The molecule has 0 saturated carbocycles. The van der Waals surface area contributed by atoms with Crippen LogP contribution in [0.15, 0.2) is 36.1 Å². The molecule has 4 heterocycles. The number of likely N-dealkylation sites (tertiary alicyclic amines) is 1. The number of thiazole rings is 1. The fraction of sp³-hybridized carbons (Fsp3) is 0.529. The van der Waals surface area contributed by atoms with Gasteiger partial charge in [0.05, 0.1) is 19.3 Å². The minimum absolute atomic E-state index is 0.125. The van der Waals surface area contributed by atoms with Crippen molar-refractivity contribution < 1.29 is 9.47 Å². The molecule has 2 aromatic heterocycles. The Morgan fingerprint density at radius 2 is 2.39 bits per heavy atom. The zero-order chi connectivity index (χ0) is 15.5. The lowest BCUT2D eigenvalue weighted by atomic mass is 10.0. The second-order valence-corrected chi connectivity index (χ2v) is 7.09. The van der Waals surface area contributed by atoms with Crippen molar-refractivity contribution in [3.8, 4) is 0 Å². The van der Waals surface area contributed by atoms with Crippen LogP contribution in [-0.2, 0) is 22.6 Å². The summed E-state index contributed by atoms with van der Waals surface area (Å²) in [4.78, 5) is 11.1. The van der Waals surface area contributed by atoms with Crippen molar-refractivity contribution in [1.29, 1.82) is 0 Å². The molecule has 0 bridgehead atoms.